The molecule has 166 valence electrons. The van der Waals surface area contributed by atoms with Crippen LogP contribution in [0.15, 0.2) is 66.7 Å². The van der Waals surface area contributed by atoms with Gasteiger partial charge < -0.3 is 19.7 Å². The second-order valence-corrected chi connectivity index (χ2v) is 7.83. The summed E-state index contributed by atoms with van der Waals surface area (Å²) >= 11 is 0. The maximum absolute atomic E-state index is 14.4. The minimum Gasteiger partial charge on any atom is -0.493 e. The summed E-state index contributed by atoms with van der Waals surface area (Å²) in [7, 11) is 3.21. The van der Waals surface area contributed by atoms with E-state index < -0.39 is 0 Å². The van der Waals surface area contributed by atoms with Crippen molar-refractivity contribution in [3.8, 4) is 22.6 Å². The average Bonchev–Trinajstić information content (AvgIpc) is 2.84. The highest BCUT2D eigenvalue weighted by atomic mass is 19.1. The van der Waals surface area contributed by atoms with Crippen LogP contribution in [0.5, 0.6) is 11.5 Å². The van der Waals surface area contributed by atoms with Crippen LogP contribution in [0.4, 0.5) is 10.1 Å². The highest BCUT2D eigenvalue weighted by Crippen LogP contribution is 2.31. The Hall–Kier alpha value is -3.54. The lowest BCUT2D eigenvalue weighted by molar-refractivity contribution is 0.0715. The summed E-state index contributed by atoms with van der Waals surface area (Å²) < 4.78 is 25.1. The Labute approximate surface area is 187 Å². The molecule has 1 fully saturated rings. The first-order valence-electron chi connectivity index (χ1n) is 10.7. The monoisotopic (exact) mass is 434 g/mol. The Bertz CT molecular complexity index is 1100. The number of hydrogen-bond acceptors (Lipinski definition) is 4. The zero-order valence-corrected chi connectivity index (χ0v) is 18.3. The highest BCUT2D eigenvalue weighted by Gasteiger charge is 2.26. The third kappa shape index (κ3) is 4.54. The number of nitrogens with zero attached hydrogens (tertiary/aromatic N) is 1. The molecule has 1 aliphatic rings. The van der Waals surface area contributed by atoms with Crippen LogP contribution in [-0.2, 0) is 0 Å². The summed E-state index contributed by atoms with van der Waals surface area (Å²) in [6.07, 6.45) is 1.84. The predicted octanol–water partition coefficient (Wildman–Crippen LogP) is 5.23. The summed E-state index contributed by atoms with van der Waals surface area (Å²) in [5.74, 6) is 0.908. The summed E-state index contributed by atoms with van der Waals surface area (Å²) in [4.78, 5) is 15.3. The van der Waals surface area contributed by atoms with Gasteiger partial charge in [0.1, 0.15) is 5.82 Å². The van der Waals surface area contributed by atoms with Crippen molar-refractivity contribution in [1.82, 2.24) is 4.90 Å². The van der Waals surface area contributed by atoms with Gasteiger partial charge in [0, 0.05) is 42.0 Å². The predicted molar refractivity (Wildman–Crippen MR) is 124 cm³/mol. The van der Waals surface area contributed by atoms with Gasteiger partial charge in [0.25, 0.3) is 5.91 Å². The van der Waals surface area contributed by atoms with E-state index in [2.05, 4.69) is 5.32 Å². The van der Waals surface area contributed by atoms with E-state index in [1.807, 2.05) is 35.2 Å². The minimum absolute atomic E-state index is 0.0809. The Morgan fingerprint density at radius 3 is 2.44 bits per heavy atom. The fourth-order valence-corrected chi connectivity index (χ4v) is 4.20. The number of hydrogen-bond donors (Lipinski definition) is 1. The molecule has 0 saturated carbocycles. The third-order valence-corrected chi connectivity index (χ3v) is 5.78. The number of benzene rings is 3. The van der Waals surface area contributed by atoms with Gasteiger partial charge in [-0.25, -0.2) is 4.39 Å². The number of rotatable bonds is 6. The minimum atomic E-state index is -0.334. The number of methoxy groups -OCH3 is 2. The third-order valence-electron chi connectivity index (χ3n) is 5.78. The van der Waals surface area contributed by atoms with Gasteiger partial charge in [-0.2, -0.15) is 0 Å². The van der Waals surface area contributed by atoms with Crippen molar-refractivity contribution >= 4 is 11.6 Å². The number of ether oxygens (including phenoxy) is 2. The van der Waals surface area contributed by atoms with Gasteiger partial charge in [0.05, 0.1) is 14.2 Å². The smallest absolute Gasteiger partial charge is 0.254 e. The Kier molecular flexibility index (Phi) is 6.59. The van der Waals surface area contributed by atoms with Crippen LogP contribution < -0.4 is 14.8 Å². The van der Waals surface area contributed by atoms with E-state index >= 15 is 0 Å². The van der Waals surface area contributed by atoms with Gasteiger partial charge in [0.2, 0.25) is 0 Å². The zero-order chi connectivity index (χ0) is 22.5. The number of carbonyl (C=O) groups excluding carboxylic acids is 1. The SMILES string of the molecule is COc1ccc(N[C@H]2CCCN(C(=O)c3ccccc3-c3ccccc3F)C2)cc1OC. The molecule has 1 saturated heterocycles. The van der Waals surface area contributed by atoms with Crippen molar-refractivity contribution < 1.29 is 18.7 Å². The van der Waals surface area contributed by atoms with Crippen molar-refractivity contribution in [2.24, 2.45) is 0 Å². The lowest BCUT2D eigenvalue weighted by Crippen LogP contribution is -2.45. The van der Waals surface area contributed by atoms with Gasteiger partial charge in [-0.15, -0.1) is 0 Å². The molecule has 4 rings (SSSR count). The molecule has 0 spiro atoms. The van der Waals surface area contributed by atoms with Gasteiger partial charge >= 0.3 is 0 Å². The van der Waals surface area contributed by atoms with Crippen LogP contribution in [0.25, 0.3) is 11.1 Å². The molecule has 0 aliphatic carbocycles. The molecule has 1 atom stereocenters. The maximum atomic E-state index is 14.4. The fraction of sp³-hybridized carbons (Fsp3) is 0.269. The molecule has 3 aromatic rings. The molecule has 0 unspecified atom stereocenters. The Balaban J connectivity index is 1.52. The first kappa shape index (κ1) is 21.7. The molecule has 1 aliphatic heterocycles. The molecule has 0 radical (unpaired) electrons. The summed E-state index contributed by atoms with van der Waals surface area (Å²) in [6, 6.07) is 19.6. The van der Waals surface area contributed by atoms with Crippen molar-refractivity contribution in [2.45, 2.75) is 18.9 Å². The summed E-state index contributed by atoms with van der Waals surface area (Å²) in [5.41, 5.74) is 2.48. The number of carbonyl (C=O) groups is 1. The molecule has 0 aromatic heterocycles. The van der Waals surface area contributed by atoms with Gasteiger partial charge in [0.15, 0.2) is 11.5 Å². The van der Waals surface area contributed by atoms with E-state index in [9.17, 15) is 9.18 Å². The van der Waals surface area contributed by atoms with Crippen molar-refractivity contribution in [3.05, 3.63) is 78.1 Å². The molecule has 3 aromatic carbocycles. The van der Waals surface area contributed by atoms with E-state index in [1.54, 1.807) is 44.6 Å². The molecule has 1 N–H and O–H groups in total. The summed E-state index contributed by atoms with van der Waals surface area (Å²) in [5, 5.41) is 3.51. The summed E-state index contributed by atoms with van der Waals surface area (Å²) in [6.45, 7) is 1.24. The van der Waals surface area contributed by atoms with Crippen molar-refractivity contribution in [2.75, 3.05) is 32.6 Å². The molecule has 1 amide bonds. The van der Waals surface area contributed by atoms with Gasteiger partial charge in [-0.05, 0) is 42.7 Å². The van der Waals surface area contributed by atoms with Gasteiger partial charge in [-0.3, -0.25) is 4.79 Å². The Morgan fingerprint density at radius 2 is 1.69 bits per heavy atom. The van der Waals surface area contributed by atoms with Crippen molar-refractivity contribution in [1.29, 1.82) is 0 Å². The van der Waals surface area contributed by atoms with Crippen LogP contribution >= 0.6 is 0 Å². The first-order valence-corrected chi connectivity index (χ1v) is 10.7. The van der Waals surface area contributed by atoms with Crippen LogP contribution in [0, 0.1) is 5.82 Å². The number of likely N-dealkylation sites (tertiary alicyclic amines) is 1. The second kappa shape index (κ2) is 9.73. The zero-order valence-electron chi connectivity index (χ0n) is 18.3. The molecule has 32 heavy (non-hydrogen) atoms. The van der Waals surface area contributed by atoms with Crippen LogP contribution in [0.2, 0.25) is 0 Å². The standard InChI is InChI=1S/C26H27FN2O3/c1-31-24-14-13-18(16-25(24)32-2)28-19-8-7-15-29(17-19)26(30)22-11-4-3-9-20(22)21-10-5-6-12-23(21)27/h3-6,9-14,16,19,28H,7-8,15,17H2,1-2H3/t19-/m0/s1. The Morgan fingerprint density at radius 1 is 0.969 bits per heavy atom. The molecular weight excluding hydrogens is 407 g/mol. The number of halogens is 1. The normalized spacial score (nSPS) is 15.8. The quantitative estimate of drug-likeness (QED) is 0.577. The maximum Gasteiger partial charge on any atom is 0.254 e. The average molecular weight is 435 g/mol. The van der Waals surface area contributed by atoms with E-state index in [0.717, 1.165) is 18.5 Å². The molecular formula is C26H27FN2O3. The van der Waals surface area contributed by atoms with E-state index in [1.165, 1.54) is 6.07 Å². The lowest BCUT2D eigenvalue weighted by Gasteiger charge is -2.34. The van der Waals surface area contributed by atoms with E-state index in [4.69, 9.17) is 9.47 Å². The second-order valence-electron chi connectivity index (χ2n) is 7.83. The number of amides is 1. The van der Waals surface area contributed by atoms with Crippen LogP contribution in [0.1, 0.15) is 23.2 Å². The van der Waals surface area contributed by atoms with E-state index in [-0.39, 0.29) is 17.8 Å². The number of nitrogens with one attached hydrogen (secondary N) is 1. The van der Waals surface area contributed by atoms with Gasteiger partial charge in [-0.1, -0.05) is 36.4 Å². The highest BCUT2D eigenvalue weighted by molar-refractivity contribution is 6.01. The van der Waals surface area contributed by atoms with Crippen LogP contribution in [-0.4, -0.2) is 44.2 Å². The molecule has 0 bridgehead atoms. The van der Waals surface area contributed by atoms with Crippen LogP contribution in [0.3, 0.4) is 0 Å². The number of anilines is 1. The van der Waals surface area contributed by atoms with E-state index in [0.29, 0.717) is 41.3 Å². The number of piperidine rings is 1. The largest absolute Gasteiger partial charge is 0.493 e. The molecule has 1 heterocycles. The molecule has 6 heteroatoms. The lowest BCUT2D eigenvalue weighted by atomic mass is 9.97. The fourth-order valence-electron chi connectivity index (χ4n) is 4.20. The van der Waals surface area contributed by atoms with Crippen molar-refractivity contribution in [3.63, 3.8) is 0 Å². The topological polar surface area (TPSA) is 50.8 Å². The first-order chi connectivity index (χ1) is 15.6. The molecule has 5 nitrogen and oxygen atoms in total.